The van der Waals surface area contributed by atoms with Crippen LogP contribution < -0.4 is 20.5 Å². The summed E-state index contributed by atoms with van der Waals surface area (Å²) in [6, 6.07) is 5.58. The fourth-order valence-corrected chi connectivity index (χ4v) is 3.34. The first-order valence-electron chi connectivity index (χ1n) is 9.16. The molecule has 1 aromatic carbocycles. The van der Waals surface area contributed by atoms with Crippen LogP contribution in [0.4, 0.5) is 4.79 Å². The molecule has 0 bridgehead atoms. The molecule has 1 fully saturated rings. The molecule has 2 rings (SSSR count). The van der Waals surface area contributed by atoms with Crippen molar-refractivity contribution in [1.29, 1.82) is 0 Å². The van der Waals surface area contributed by atoms with Gasteiger partial charge in [-0.25, -0.2) is 4.79 Å². The number of amides is 3. The van der Waals surface area contributed by atoms with Crippen molar-refractivity contribution in [1.82, 2.24) is 15.1 Å². The van der Waals surface area contributed by atoms with Crippen LogP contribution in [0.1, 0.15) is 18.4 Å². The molecule has 1 heterocycles. The minimum absolute atomic E-state index is 0.0442. The summed E-state index contributed by atoms with van der Waals surface area (Å²) >= 11 is 0. The Morgan fingerprint density at radius 1 is 1.30 bits per heavy atom. The molecule has 0 radical (unpaired) electrons. The predicted molar refractivity (Wildman–Crippen MR) is 103 cm³/mol. The highest BCUT2D eigenvalue weighted by atomic mass is 16.5. The van der Waals surface area contributed by atoms with Crippen LogP contribution in [0, 0.1) is 0 Å². The number of nitrogens with zero attached hydrogens (tertiary/aromatic N) is 2. The van der Waals surface area contributed by atoms with E-state index in [0.717, 1.165) is 43.9 Å². The minimum atomic E-state index is -0.677. The number of primary amides is 1. The third kappa shape index (κ3) is 6.02. The van der Waals surface area contributed by atoms with Crippen LogP contribution in [-0.4, -0.2) is 75.2 Å². The Labute approximate surface area is 160 Å². The summed E-state index contributed by atoms with van der Waals surface area (Å²) in [7, 11) is 5.34. The highest BCUT2D eigenvalue weighted by molar-refractivity contribution is 5.83. The number of likely N-dealkylation sites (N-methyl/N-ethyl adjacent to an activating group) is 1. The van der Waals surface area contributed by atoms with Gasteiger partial charge in [-0.3, -0.25) is 4.79 Å². The number of hydrogen-bond acceptors (Lipinski definition) is 5. The van der Waals surface area contributed by atoms with Crippen molar-refractivity contribution in [3.8, 4) is 11.5 Å². The Bertz CT molecular complexity index is 653. The van der Waals surface area contributed by atoms with Gasteiger partial charge in [-0.2, -0.15) is 0 Å². The van der Waals surface area contributed by atoms with Gasteiger partial charge in [0, 0.05) is 25.7 Å². The molecular weight excluding hydrogens is 348 g/mol. The number of benzene rings is 1. The van der Waals surface area contributed by atoms with Gasteiger partial charge in [-0.1, -0.05) is 6.07 Å². The highest BCUT2D eigenvalue weighted by Gasteiger charge is 2.26. The molecule has 1 aliphatic rings. The van der Waals surface area contributed by atoms with Crippen LogP contribution in [0.2, 0.25) is 0 Å². The Morgan fingerprint density at radius 3 is 2.70 bits per heavy atom. The Balaban J connectivity index is 1.87. The van der Waals surface area contributed by atoms with Gasteiger partial charge in [0.25, 0.3) is 0 Å². The van der Waals surface area contributed by atoms with Crippen molar-refractivity contribution in [2.75, 3.05) is 47.4 Å². The van der Waals surface area contributed by atoms with E-state index in [1.165, 1.54) is 5.56 Å². The molecule has 1 aliphatic heterocycles. The maximum absolute atomic E-state index is 12.2. The zero-order valence-electron chi connectivity index (χ0n) is 16.4. The van der Waals surface area contributed by atoms with E-state index in [1.807, 2.05) is 18.2 Å². The lowest BCUT2D eigenvalue weighted by molar-refractivity contribution is -0.132. The molecule has 8 nitrogen and oxygen atoms in total. The minimum Gasteiger partial charge on any atom is -0.493 e. The maximum atomic E-state index is 12.2. The lowest BCUT2D eigenvalue weighted by atomic mass is 10.0. The van der Waals surface area contributed by atoms with E-state index in [0.29, 0.717) is 12.6 Å². The van der Waals surface area contributed by atoms with Crippen molar-refractivity contribution in [3.05, 3.63) is 23.8 Å². The summed E-state index contributed by atoms with van der Waals surface area (Å²) in [6.07, 6.45) is 2.88. The summed E-state index contributed by atoms with van der Waals surface area (Å²) in [5, 5.41) is 2.37. The lowest BCUT2D eigenvalue weighted by Crippen LogP contribution is -2.51. The molecule has 27 heavy (non-hydrogen) atoms. The second-order valence-corrected chi connectivity index (χ2v) is 6.77. The summed E-state index contributed by atoms with van der Waals surface area (Å²) in [6.45, 7) is 2.22. The molecule has 1 aromatic rings. The van der Waals surface area contributed by atoms with E-state index in [-0.39, 0.29) is 12.5 Å². The molecule has 1 atom stereocenters. The van der Waals surface area contributed by atoms with Crippen molar-refractivity contribution in [2.24, 2.45) is 5.73 Å². The van der Waals surface area contributed by atoms with E-state index < -0.39 is 6.03 Å². The topological polar surface area (TPSA) is 97.1 Å². The molecule has 3 N–H and O–H groups in total. The van der Waals surface area contributed by atoms with Crippen LogP contribution in [0.3, 0.4) is 0 Å². The largest absolute Gasteiger partial charge is 0.493 e. The quantitative estimate of drug-likeness (QED) is 0.699. The zero-order valence-corrected chi connectivity index (χ0v) is 16.4. The van der Waals surface area contributed by atoms with Crippen LogP contribution in [0.5, 0.6) is 11.5 Å². The van der Waals surface area contributed by atoms with Crippen LogP contribution in [0.15, 0.2) is 18.2 Å². The average molecular weight is 378 g/mol. The van der Waals surface area contributed by atoms with Crippen molar-refractivity contribution >= 4 is 11.9 Å². The van der Waals surface area contributed by atoms with E-state index in [9.17, 15) is 9.59 Å². The van der Waals surface area contributed by atoms with Gasteiger partial charge in [-0.15, -0.1) is 0 Å². The van der Waals surface area contributed by atoms with Gasteiger partial charge in [0.15, 0.2) is 11.5 Å². The summed E-state index contributed by atoms with van der Waals surface area (Å²) < 4.78 is 10.6. The van der Waals surface area contributed by atoms with E-state index >= 15 is 0 Å². The highest BCUT2D eigenvalue weighted by Crippen LogP contribution is 2.27. The van der Waals surface area contributed by atoms with Gasteiger partial charge < -0.3 is 30.3 Å². The number of methoxy groups -OCH3 is 2. The first-order chi connectivity index (χ1) is 12.9. The number of urea groups is 1. The molecule has 150 valence electrons. The number of ether oxygens (including phenoxy) is 2. The number of nitrogens with one attached hydrogen (secondary N) is 1. The zero-order chi connectivity index (χ0) is 19.8. The normalized spacial score (nSPS) is 16.9. The molecular formula is C19H30N4O4. The van der Waals surface area contributed by atoms with Crippen LogP contribution >= 0.6 is 0 Å². The number of rotatable bonds is 8. The second-order valence-electron chi connectivity index (χ2n) is 6.77. The summed E-state index contributed by atoms with van der Waals surface area (Å²) in [4.78, 5) is 27.1. The number of hydrogen-bond donors (Lipinski definition) is 2. The SMILES string of the molecule is COc1ccc(CCN(C)C2CCCN(C(=O)CNC(N)=O)C2)cc1OC. The smallest absolute Gasteiger partial charge is 0.312 e. The van der Waals surface area contributed by atoms with Crippen molar-refractivity contribution < 1.29 is 19.1 Å². The van der Waals surface area contributed by atoms with Gasteiger partial charge in [0.1, 0.15) is 0 Å². The number of nitrogens with two attached hydrogens (primary N) is 1. The lowest BCUT2D eigenvalue weighted by Gasteiger charge is -2.37. The molecule has 0 aliphatic carbocycles. The molecule has 1 unspecified atom stereocenters. The second kappa shape index (κ2) is 10.0. The van der Waals surface area contributed by atoms with Gasteiger partial charge in [0.05, 0.1) is 20.8 Å². The molecule has 1 saturated heterocycles. The standard InChI is InChI=1S/C19H30N4O4/c1-22(10-8-14-6-7-16(26-2)17(11-14)27-3)15-5-4-9-23(13-15)18(24)12-21-19(20)25/h6-7,11,15H,4-5,8-10,12-13H2,1-3H3,(H3,20,21,25). The first kappa shape index (κ1) is 20.8. The molecule has 0 aromatic heterocycles. The van der Waals surface area contributed by atoms with Gasteiger partial charge in [0.2, 0.25) is 5.91 Å². The van der Waals surface area contributed by atoms with E-state index in [1.54, 1.807) is 19.1 Å². The number of carbonyl (C=O) groups excluding carboxylic acids is 2. The Kier molecular flexibility index (Phi) is 7.72. The fraction of sp³-hybridized carbons (Fsp3) is 0.579. The van der Waals surface area contributed by atoms with E-state index in [2.05, 4.69) is 17.3 Å². The van der Waals surface area contributed by atoms with Crippen LogP contribution in [-0.2, 0) is 11.2 Å². The summed E-state index contributed by atoms with van der Waals surface area (Å²) in [5.41, 5.74) is 6.21. The van der Waals surface area contributed by atoms with Crippen molar-refractivity contribution in [3.63, 3.8) is 0 Å². The van der Waals surface area contributed by atoms with Gasteiger partial charge >= 0.3 is 6.03 Å². The third-order valence-electron chi connectivity index (χ3n) is 4.99. The van der Waals surface area contributed by atoms with Gasteiger partial charge in [-0.05, 0) is 44.0 Å². The number of likely N-dealkylation sites (tertiary alicyclic amines) is 1. The molecule has 8 heteroatoms. The maximum Gasteiger partial charge on any atom is 0.312 e. The number of carbonyl (C=O) groups is 2. The van der Waals surface area contributed by atoms with E-state index in [4.69, 9.17) is 15.2 Å². The predicted octanol–water partition coefficient (Wildman–Crippen LogP) is 0.837. The molecule has 0 saturated carbocycles. The average Bonchev–Trinajstić information content (AvgIpc) is 2.69. The fourth-order valence-electron chi connectivity index (χ4n) is 3.34. The molecule has 0 spiro atoms. The number of piperidine rings is 1. The van der Waals surface area contributed by atoms with Crippen molar-refractivity contribution in [2.45, 2.75) is 25.3 Å². The Morgan fingerprint density at radius 2 is 2.04 bits per heavy atom. The monoisotopic (exact) mass is 378 g/mol. The van der Waals surface area contributed by atoms with Crippen LogP contribution in [0.25, 0.3) is 0 Å². The third-order valence-corrected chi connectivity index (χ3v) is 4.99. The Hall–Kier alpha value is -2.48. The molecule has 3 amide bonds. The first-order valence-corrected chi connectivity index (χ1v) is 9.16. The summed E-state index contributed by atoms with van der Waals surface area (Å²) in [5.74, 6) is 1.36.